The molecule has 0 aliphatic heterocycles. The summed E-state index contributed by atoms with van der Waals surface area (Å²) >= 11 is 0. The Morgan fingerprint density at radius 1 is 1.33 bits per heavy atom. The van der Waals surface area contributed by atoms with Crippen molar-refractivity contribution in [1.82, 2.24) is 10.0 Å². The lowest BCUT2D eigenvalue weighted by molar-refractivity contribution is -0.141. The van der Waals surface area contributed by atoms with E-state index in [1.807, 2.05) is 13.8 Å². The van der Waals surface area contributed by atoms with Crippen molar-refractivity contribution in [3.63, 3.8) is 0 Å². The van der Waals surface area contributed by atoms with Gasteiger partial charge in [0.15, 0.2) is 0 Å². The van der Waals surface area contributed by atoms with Gasteiger partial charge >= 0.3 is 0 Å². The number of hydrogen-bond donors (Lipinski definition) is 3. The molecule has 7 atom stereocenters. The van der Waals surface area contributed by atoms with Crippen LogP contribution in [0.4, 0.5) is 0 Å². The van der Waals surface area contributed by atoms with E-state index in [9.17, 15) is 18.3 Å². The van der Waals surface area contributed by atoms with E-state index in [0.717, 1.165) is 25.7 Å². The van der Waals surface area contributed by atoms with E-state index >= 15 is 0 Å². The van der Waals surface area contributed by atoms with Gasteiger partial charge in [0, 0.05) is 25.6 Å². The molecule has 2 aliphatic rings. The fourth-order valence-electron chi connectivity index (χ4n) is 5.37. The minimum Gasteiger partial charge on any atom is -0.392 e. The second kappa shape index (κ2) is 8.76. The van der Waals surface area contributed by atoms with Crippen LogP contribution in [0.25, 0.3) is 0 Å². The number of carbonyl (C=O) groups excluding carboxylic acids is 1. The molecular weight excluding hydrogens is 368 g/mol. The third-order valence-corrected chi connectivity index (χ3v) is 7.65. The van der Waals surface area contributed by atoms with E-state index in [1.165, 1.54) is 6.26 Å². The smallest absolute Gasteiger partial charge is 0.223 e. The Hall–Kier alpha value is -0.700. The Labute approximate surface area is 163 Å². The molecule has 8 heteroatoms. The Bertz CT molecular complexity index is 626. The predicted octanol–water partition coefficient (Wildman–Crippen LogP) is 1.13. The van der Waals surface area contributed by atoms with Crippen LogP contribution in [0.1, 0.15) is 46.5 Å². The SMILES string of the molecule is COCCNC(=O)[C@@H](C)[C@@H]1CC[C@@]2(C)CC[C@H](NS(C)(=O)=O)[C@@H](C)[C@@H]2[C@H]1O. The molecule has 2 fully saturated rings. The summed E-state index contributed by atoms with van der Waals surface area (Å²) in [6.07, 6.45) is 3.99. The topological polar surface area (TPSA) is 105 Å². The third-order valence-electron chi connectivity index (χ3n) is 6.91. The molecule has 1 amide bonds. The highest BCUT2D eigenvalue weighted by atomic mass is 32.2. The summed E-state index contributed by atoms with van der Waals surface area (Å²) in [7, 11) is -1.71. The van der Waals surface area contributed by atoms with Crippen molar-refractivity contribution < 1.29 is 23.1 Å². The van der Waals surface area contributed by atoms with E-state index in [2.05, 4.69) is 17.0 Å². The lowest BCUT2D eigenvalue weighted by atomic mass is 9.52. The van der Waals surface area contributed by atoms with Gasteiger partial charge in [-0.15, -0.1) is 0 Å². The first-order valence-corrected chi connectivity index (χ1v) is 11.8. The van der Waals surface area contributed by atoms with Gasteiger partial charge in [0.25, 0.3) is 0 Å². The first-order chi connectivity index (χ1) is 12.5. The summed E-state index contributed by atoms with van der Waals surface area (Å²) in [5.41, 5.74) is -0.0166. The molecule has 0 radical (unpaired) electrons. The number of rotatable bonds is 7. The number of ether oxygens (including phenoxy) is 1. The Morgan fingerprint density at radius 3 is 2.56 bits per heavy atom. The molecule has 2 rings (SSSR count). The van der Waals surface area contributed by atoms with Crippen molar-refractivity contribution in [2.45, 2.75) is 58.6 Å². The molecule has 0 saturated heterocycles. The Kier molecular flexibility index (Phi) is 7.33. The fourth-order valence-corrected chi connectivity index (χ4v) is 6.25. The summed E-state index contributed by atoms with van der Waals surface area (Å²) in [6.45, 7) is 7.02. The van der Waals surface area contributed by atoms with Gasteiger partial charge in [-0.1, -0.05) is 20.8 Å². The molecule has 0 spiro atoms. The van der Waals surface area contributed by atoms with Crippen LogP contribution in [0.2, 0.25) is 0 Å². The molecule has 0 bridgehead atoms. The number of amides is 1. The molecule has 3 N–H and O–H groups in total. The quantitative estimate of drug-likeness (QED) is 0.552. The fraction of sp³-hybridized carbons (Fsp3) is 0.947. The lowest BCUT2D eigenvalue weighted by Gasteiger charge is -2.56. The Balaban J connectivity index is 2.13. The van der Waals surface area contributed by atoms with Crippen molar-refractivity contribution in [3.8, 4) is 0 Å². The molecule has 0 aromatic heterocycles. The minimum absolute atomic E-state index is 0.0139. The van der Waals surface area contributed by atoms with E-state index in [0.29, 0.717) is 13.2 Å². The van der Waals surface area contributed by atoms with Crippen molar-refractivity contribution in [3.05, 3.63) is 0 Å². The zero-order valence-corrected chi connectivity index (χ0v) is 18.0. The molecular formula is C19H36N2O5S. The highest BCUT2D eigenvalue weighted by molar-refractivity contribution is 7.88. The minimum atomic E-state index is -3.30. The molecule has 0 aromatic carbocycles. The molecule has 7 nitrogen and oxygen atoms in total. The lowest BCUT2D eigenvalue weighted by Crippen LogP contribution is -2.58. The van der Waals surface area contributed by atoms with Crippen molar-refractivity contribution in [2.75, 3.05) is 26.5 Å². The molecule has 0 aromatic rings. The summed E-state index contributed by atoms with van der Waals surface area (Å²) in [5.74, 6) is -0.491. The number of nitrogens with one attached hydrogen (secondary N) is 2. The average Bonchev–Trinajstić information content (AvgIpc) is 2.56. The number of methoxy groups -OCH3 is 1. The Morgan fingerprint density at radius 2 is 1.96 bits per heavy atom. The van der Waals surface area contributed by atoms with Crippen molar-refractivity contribution >= 4 is 15.9 Å². The molecule has 158 valence electrons. The van der Waals surface area contributed by atoms with Crippen LogP contribution < -0.4 is 10.0 Å². The summed E-state index contributed by atoms with van der Waals surface area (Å²) in [5, 5.41) is 14.1. The van der Waals surface area contributed by atoms with E-state index in [1.54, 1.807) is 7.11 Å². The normalized spacial score (nSPS) is 38.1. The third kappa shape index (κ3) is 5.22. The second-order valence-corrected chi connectivity index (χ2v) is 10.6. The van der Waals surface area contributed by atoms with Gasteiger partial charge in [-0.05, 0) is 48.9 Å². The standard InChI is InChI=1S/C19H36N2O5S/c1-12(18(23)20-10-11-26-4)14-6-8-19(3)9-7-15(21-27(5,24)25)13(2)16(19)17(14)22/h12-17,21-22H,6-11H2,1-5H3,(H,20,23)/t12-,13+,14-,15-,16+,17-,19-/m0/s1. The molecule has 2 saturated carbocycles. The maximum absolute atomic E-state index is 12.5. The van der Waals surface area contributed by atoms with E-state index in [4.69, 9.17) is 4.74 Å². The number of aliphatic hydroxyl groups is 1. The molecule has 27 heavy (non-hydrogen) atoms. The first kappa shape index (κ1) is 22.6. The van der Waals surface area contributed by atoms with Crippen molar-refractivity contribution in [2.24, 2.45) is 29.1 Å². The van der Waals surface area contributed by atoms with Gasteiger partial charge in [-0.3, -0.25) is 4.79 Å². The molecule has 0 unspecified atom stereocenters. The maximum atomic E-state index is 12.5. The van der Waals surface area contributed by atoms with Gasteiger partial charge in [-0.2, -0.15) is 0 Å². The van der Waals surface area contributed by atoms with Crippen LogP contribution in [0.3, 0.4) is 0 Å². The highest BCUT2D eigenvalue weighted by Gasteiger charge is 2.53. The van der Waals surface area contributed by atoms with Gasteiger partial charge in [0.05, 0.1) is 19.0 Å². The number of carbonyl (C=O) groups is 1. The van der Waals surface area contributed by atoms with Gasteiger partial charge in [-0.25, -0.2) is 13.1 Å². The van der Waals surface area contributed by atoms with Crippen LogP contribution in [-0.4, -0.2) is 58.1 Å². The number of aliphatic hydroxyl groups excluding tert-OH is 1. The number of hydrogen-bond acceptors (Lipinski definition) is 5. The summed E-state index contributed by atoms with van der Waals surface area (Å²) < 4.78 is 31.1. The predicted molar refractivity (Wildman–Crippen MR) is 105 cm³/mol. The monoisotopic (exact) mass is 404 g/mol. The largest absolute Gasteiger partial charge is 0.392 e. The first-order valence-electron chi connectivity index (χ1n) is 9.92. The zero-order valence-electron chi connectivity index (χ0n) is 17.2. The van der Waals surface area contributed by atoms with Gasteiger partial charge in [0.2, 0.25) is 15.9 Å². The van der Waals surface area contributed by atoms with Crippen LogP contribution in [0.15, 0.2) is 0 Å². The summed E-state index contributed by atoms with van der Waals surface area (Å²) in [6, 6.07) is -0.169. The van der Waals surface area contributed by atoms with Gasteiger partial charge in [0.1, 0.15) is 0 Å². The maximum Gasteiger partial charge on any atom is 0.223 e. The highest BCUT2D eigenvalue weighted by Crippen LogP contribution is 2.55. The molecule has 2 aliphatic carbocycles. The van der Waals surface area contributed by atoms with E-state index in [-0.39, 0.29) is 41.0 Å². The van der Waals surface area contributed by atoms with Crippen molar-refractivity contribution in [1.29, 1.82) is 0 Å². The summed E-state index contributed by atoms with van der Waals surface area (Å²) in [4.78, 5) is 12.5. The second-order valence-electron chi connectivity index (χ2n) is 8.84. The van der Waals surface area contributed by atoms with Crippen LogP contribution in [0, 0.1) is 29.1 Å². The van der Waals surface area contributed by atoms with Crippen LogP contribution in [0.5, 0.6) is 0 Å². The average molecular weight is 405 g/mol. The molecule has 0 heterocycles. The van der Waals surface area contributed by atoms with E-state index < -0.39 is 16.1 Å². The number of sulfonamides is 1. The van der Waals surface area contributed by atoms with Crippen LogP contribution >= 0.6 is 0 Å². The van der Waals surface area contributed by atoms with Gasteiger partial charge < -0.3 is 15.2 Å². The number of fused-ring (bicyclic) bond motifs is 1. The zero-order chi connectivity index (χ0) is 20.4. The van der Waals surface area contributed by atoms with Crippen LogP contribution in [-0.2, 0) is 19.6 Å².